The van der Waals surface area contributed by atoms with E-state index in [1.165, 1.54) is 4.90 Å². The SMILES string of the molecule is CCCCCC[C@H](CN(CC)C(=O)N1Cc2ccccc2C[C@H]1C(=O)O)C(=O)OCC. The van der Waals surface area contributed by atoms with Crippen molar-refractivity contribution in [1.29, 1.82) is 0 Å². The first kappa shape index (κ1) is 24.7. The van der Waals surface area contributed by atoms with Gasteiger partial charge in [-0.1, -0.05) is 56.9 Å². The van der Waals surface area contributed by atoms with Crippen molar-refractivity contribution in [2.24, 2.45) is 5.92 Å². The maximum absolute atomic E-state index is 13.4. The van der Waals surface area contributed by atoms with Gasteiger partial charge in [-0.2, -0.15) is 0 Å². The molecule has 7 nitrogen and oxygen atoms in total. The summed E-state index contributed by atoms with van der Waals surface area (Å²) in [5.74, 6) is -1.70. The van der Waals surface area contributed by atoms with Crippen molar-refractivity contribution >= 4 is 18.0 Å². The van der Waals surface area contributed by atoms with Gasteiger partial charge in [-0.3, -0.25) is 4.79 Å². The minimum absolute atomic E-state index is 0.241. The third kappa shape index (κ3) is 6.71. The van der Waals surface area contributed by atoms with Gasteiger partial charge in [0.2, 0.25) is 0 Å². The Kier molecular flexibility index (Phi) is 9.82. The second-order valence-electron chi connectivity index (χ2n) is 8.07. The number of carbonyl (C=O) groups excluding carboxylic acids is 2. The van der Waals surface area contributed by atoms with Crippen molar-refractivity contribution < 1.29 is 24.2 Å². The van der Waals surface area contributed by atoms with Crippen molar-refractivity contribution in [1.82, 2.24) is 9.80 Å². The average Bonchev–Trinajstić information content (AvgIpc) is 2.77. The Balaban J connectivity index is 2.16. The first-order valence-electron chi connectivity index (χ1n) is 11.4. The van der Waals surface area contributed by atoms with Gasteiger partial charge in [0.1, 0.15) is 6.04 Å². The van der Waals surface area contributed by atoms with Gasteiger partial charge in [0.15, 0.2) is 0 Å². The molecule has 1 N–H and O–H groups in total. The molecule has 172 valence electrons. The number of fused-ring (bicyclic) bond motifs is 1. The van der Waals surface area contributed by atoms with Crippen molar-refractivity contribution in [3.05, 3.63) is 35.4 Å². The highest BCUT2D eigenvalue weighted by Crippen LogP contribution is 2.25. The van der Waals surface area contributed by atoms with Gasteiger partial charge in [0.25, 0.3) is 0 Å². The Morgan fingerprint density at radius 2 is 1.84 bits per heavy atom. The van der Waals surface area contributed by atoms with Crippen LogP contribution in [0.1, 0.15) is 64.0 Å². The number of benzene rings is 1. The molecular weight excluding hydrogens is 396 g/mol. The molecule has 1 aliphatic rings. The van der Waals surface area contributed by atoms with E-state index < -0.39 is 17.9 Å². The van der Waals surface area contributed by atoms with Gasteiger partial charge in [0, 0.05) is 26.1 Å². The maximum atomic E-state index is 13.4. The van der Waals surface area contributed by atoms with Gasteiger partial charge in [-0.15, -0.1) is 0 Å². The number of carboxylic acids is 1. The van der Waals surface area contributed by atoms with E-state index in [4.69, 9.17) is 4.74 Å². The van der Waals surface area contributed by atoms with Crippen LogP contribution in [-0.2, 0) is 27.3 Å². The number of rotatable bonds is 11. The van der Waals surface area contributed by atoms with Crippen molar-refractivity contribution in [3.8, 4) is 0 Å². The van der Waals surface area contributed by atoms with E-state index in [-0.39, 0.29) is 31.5 Å². The summed E-state index contributed by atoms with van der Waals surface area (Å²) in [5, 5.41) is 9.76. The lowest BCUT2D eigenvalue weighted by Gasteiger charge is -2.38. The van der Waals surface area contributed by atoms with Gasteiger partial charge in [-0.25, -0.2) is 9.59 Å². The normalized spacial score (nSPS) is 16.4. The topological polar surface area (TPSA) is 87.2 Å². The number of urea groups is 1. The lowest BCUT2D eigenvalue weighted by atomic mass is 9.94. The number of carboxylic acid groups (broad SMARTS) is 1. The molecule has 0 unspecified atom stereocenters. The Hall–Kier alpha value is -2.57. The molecule has 2 rings (SSSR count). The lowest BCUT2D eigenvalue weighted by Crippen LogP contribution is -2.54. The fourth-order valence-electron chi connectivity index (χ4n) is 4.10. The Labute approximate surface area is 185 Å². The minimum atomic E-state index is -1.01. The van der Waals surface area contributed by atoms with Crippen LogP contribution < -0.4 is 0 Å². The Morgan fingerprint density at radius 1 is 1.13 bits per heavy atom. The molecule has 2 amide bonds. The summed E-state index contributed by atoms with van der Waals surface area (Å²) in [6, 6.07) is 6.37. The van der Waals surface area contributed by atoms with Crippen LogP contribution in [0.5, 0.6) is 0 Å². The van der Waals surface area contributed by atoms with E-state index in [0.717, 1.165) is 36.8 Å². The number of hydrogen-bond acceptors (Lipinski definition) is 4. The number of amides is 2. The summed E-state index contributed by atoms with van der Waals surface area (Å²) in [7, 11) is 0. The summed E-state index contributed by atoms with van der Waals surface area (Å²) in [4.78, 5) is 40.8. The van der Waals surface area contributed by atoms with E-state index in [0.29, 0.717) is 19.6 Å². The quantitative estimate of drug-likeness (QED) is 0.420. The van der Waals surface area contributed by atoms with Crippen LogP contribution in [0.4, 0.5) is 4.79 Å². The number of unbranched alkanes of at least 4 members (excludes halogenated alkanes) is 3. The molecule has 2 atom stereocenters. The molecule has 0 aliphatic carbocycles. The molecule has 0 saturated heterocycles. The van der Waals surface area contributed by atoms with Crippen LogP contribution in [0.3, 0.4) is 0 Å². The zero-order valence-corrected chi connectivity index (χ0v) is 19.0. The van der Waals surface area contributed by atoms with Crippen LogP contribution >= 0.6 is 0 Å². The van der Waals surface area contributed by atoms with Gasteiger partial charge in [0.05, 0.1) is 12.5 Å². The van der Waals surface area contributed by atoms with E-state index in [2.05, 4.69) is 6.92 Å². The molecule has 1 aliphatic heterocycles. The first-order chi connectivity index (χ1) is 14.9. The van der Waals surface area contributed by atoms with Gasteiger partial charge < -0.3 is 19.6 Å². The third-order valence-corrected chi connectivity index (χ3v) is 5.90. The fraction of sp³-hybridized carbons (Fsp3) is 0.625. The van der Waals surface area contributed by atoms with Crippen molar-refractivity contribution in [3.63, 3.8) is 0 Å². The van der Waals surface area contributed by atoms with E-state index in [1.54, 1.807) is 11.8 Å². The molecule has 0 fully saturated rings. The predicted octanol–water partition coefficient (Wildman–Crippen LogP) is 4.09. The maximum Gasteiger partial charge on any atom is 0.326 e. The highest BCUT2D eigenvalue weighted by atomic mass is 16.5. The van der Waals surface area contributed by atoms with Crippen molar-refractivity contribution in [2.75, 3.05) is 19.7 Å². The second-order valence-corrected chi connectivity index (χ2v) is 8.07. The summed E-state index contributed by atoms with van der Waals surface area (Å²) in [6.45, 7) is 6.95. The van der Waals surface area contributed by atoms with Crippen LogP contribution in [-0.4, -0.2) is 58.6 Å². The Bertz CT molecular complexity index is 751. The number of ether oxygens (including phenoxy) is 1. The molecule has 0 radical (unpaired) electrons. The molecule has 0 saturated carbocycles. The summed E-state index contributed by atoms with van der Waals surface area (Å²) < 4.78 is 5.25. The molecule has 1 aromatic carbocycles. The summed E-state index contributed by atoms with van der Waals surface area (Å²) in [5.41, 5.74) is 1.92. The molecule has 31 heavy (non-hydrogen) atoms. The van der Waals surface area contributed by atoms with Gasteiger partial charge >= 0.3 is 18.0 Å². The first-order valence-corrected chi connectivity index (χ1v) is 11.4. The lowest BCUT2D eigenvalue weighted by molar-refractivity contribution is -0.149. The molecule has 0 spiro atoms. The highest BCUT2D eigenvalue weighted by Gasteiger charge is 2.37. The van der Waals surface area contributed by atoms with Gasteiger partial charge in [-0.05, 0) is 31.4 Å². The van der Waals surface area contributed by atoms with Crippen LogP contribution in [0, 0.1) is 5.92 Å². The second kappa shape index (κ2) is 12.3. The van der Waals surface area contributed by atoms with Crippen LogP contribution in [0.2, 0.25) is 0 Å². The number of esters is 1. The standard InChI is InChI=1S/C24H36N2O5/c1-4-7-8-9-14-20(23(29)31-6-3)16-25(5-2)24(30)26-17-19-13-11-10-12-18(19)15-21(26)22(27)28/h10-13,20-21H,4-9,14-17H2,1-3H3,(H,27,28)/t20-,21+/m1/s1. The predicted molar refractivity (Wildman–Crippen MR) is 119 cm³/mol. The molecule has 0 aromatic heterocycles. The highest BCUT2D eigenvalue weighted by molar-refractivity contribution is 5.84. The molecule has 1 aromatic rings. The third-order valence-electron chi connectivity index (χ3n) is 5.90. The molecule has 1 heterocycles. The molecule has 7 heteroatoms. The monoisotopic (exact) mass is 432 g/mol. The average molecular weight is 433 g/mol. The zero-order valence-electron chi connectivity index (χ0n) is 19.0. The smallest absolute Gasteiger partial charge is 0.326 e. The van der Waals surface area contributed by atoms with E-state index in [1.807, 2.05) is 31.2 Å². The van der Waals surface area contributed by atoms with E-state index in [9.17, 15) is 19.5 Å². The fourth-order valence-corrected chi connectivity index (χ4v) is 4.10. The molecular formula is C24H36N2O5. The number of carbonyl (C=O) groups is 3. The van der Waals surface area contributed by atoms with E-state index >= 15 is 0 Å². The number of aliphatic carboxylic acids is 1. The summed E-state index contributed by atoms with van der Waals surface area (Å²) in [6.07, 6.45) is 5.10. The largest absolute Gasteiger partial charge is 0.480 e. The van der Waals surface area contributed by atoms with Crippen LogP contribution in [0.15, 0.2) is 24.3 Å². The number of nitrogens with zero attached hydrogens (tertiary/aromatic N) is 2. The Morgan fingerprint density at radius 3 is 2.45 bits per heavy atom. The summed E-state index contributed by atoms with van der Waals surface area (Å²) >= 11 is 0. The van der Waals surface area contributed by atoms with Crippen LogP contribution in [0.25, 0.3) is 0 Å². The van der Waals surface area contributed by atoms with Crippen molar-refractivity contribution in [2.45, 2.75) is 71.9 Å². The minimum Gasteiger partial charge on any atom is -0.480 e. The number of hydrogen-bond donors (Lipinski definition) is 1. The zero-order chi connectivity index (χ0) is 22.8. The molecule has 0 bridgehead atoms.